The number of anilines is 1. The van der Waals surface area contributed by atoms with Crippen LogP contribution in [0.1, 0.15) is 44.0 Å². The summed E-state index contributed by atoms with van der Waals surface area (Å²) in [6.45, 7) is 8.24. The summed E-state index contributed by atoms with van der Waals surface area (Å²) >= 11 is 0. The highest BCUT2D eigenvalue weighted by Crippen LogP contribution is 2.16. The van der Waals surface area contributed by atoms with Crippen molar-refractivity contribution in [2.45, 2.75) is 33.6 Å². The largest absolute Gasteiger partial charge is 0.372 e. The van der Waals surface area contributed by atoms with E-state index in [9.17, 15) is 4.79 Å². The average molecular weight is 285 g/mol. The highest BCUT2D eigenvalue weighted by molar-refractivity contribution is 6.00. The molecule has 0 radical (unpaired) electrons. The number of nitrogens with zero attached hydrogens (tertiary/aromatic N) is 2. The van der Waals surface area contributed by atoms with E-state index in [1.807, 2.05) is 30.3 Å². The van der Waals surface area contributed by atoms with Gasteiger partial charge < -0.3 is 4.90 Å². The topological polar surface area (TPSA) is 44.7 Å². The van der Waals surface area contributed by atoms with E-state index in [1.54, 1.807) is 0 Å². The highest BCUT2D eigenvalue weighted by Gasteiger charge is 2.09. The van der Waals surface area contributed by atoms with Gasteiger partial charge in [0.2, 0.25) is 0 Å². The molecule has 0 aliphatic heterocycles. The van der Waals surface area contributed by atoms with Gasteiger partial charge >= 0.3 is 0 Å². The van der Waals surface area contributed by atoms with Gasteiger partial charge in [0, 0.05) is 24.3 Å². The van der Waals surface area contributed by atoms with Crippen LogP contribution in [0.5, 0.6) is 0 Å². The fourth-order valence-electron chi connectivity index (χ4n) is 2.44. The number of allylic oxidation sites excluding steroid dienone is 2. The molecule has 1 N–H and O–H groups in total. The summed E-state index contributed by atoms with van der Waals surface area (Å²) in [5.74, 6) is -0.161. The molecule has 0 unspecified atom stereocenters. The van der Waals surface area contributed by atoms with Gasteiger partial charge in [0.1, 0.15) is 0 Å². The lowest BCUT2D eigenvalue weighted by Gasteiger charge is -2.20. The van der Waals surface area contributed by atoms with Crippen LogP contribution in [-0.4, -0.2) is 24.7 Å². The van der Waals surface area contributed by atoms with Crippen molar-refractivity contribution in [1.29, 1.82) is 0 Å². The maximum Gasteiger partial charge on any atom is 0.271 e. The lowest BCUT2D eigenvalue weighted by Crippen LogP contribution is -2.22. The SMILES string of the molecule is CCN(CC)c1ccc(C(=O)N/N=C2\C=C(C)CC2)cc1. The summed E-state index contributed by atoms with van der Waals surface area (Å²) in [7, 11) is 0. The van der Waals surface area contributed by atoms with E-state index in [1.165, 1.54) is 5.57 Å². The van der Waals surface area contributed by atoms with E-state index < -0.39 is 0 Å². The fourth-order valence-corrected chi connectivity index (χ4v) is 2.44. The van der Waals surface area contributed by atoms with E-state index in [0.717, 1.165) is 37.3 Å². The van der Waals surface area contributed by atoms with Crippen LogP contribution in [0.25, 0.3) is 0 Å². The second-order valence-corrected chi connectivity index (χ2v) is 5.25. The highest BCUT2D eigenvalue weighted by atomic mass is 16.2. The van der Waals surface area contributed by atoms with Gasteiger partial charge in [-0.2, -0.15) is 5.10 Å². The van der Waals surface area contributed by atoms with E-state index in [2.05, 4.69) is 36.2 Å². The molecule has 0 saturated heterocycles. The quantitative estimate of drug-likeness (QED) is 0.843. The Balaban J connectivity index is 2.00. The Bertz CT molecular complexity index is 554. The first-order chi connectivity index (χ1) is 10.1. The molecule has 0 saturated carbocycles. The molecule has 0 aromatic heterocycles. The van der Waals surface area contributed by atoms with Crippen molar-refractivity contribution in [3.8, 4) is 0 Å². The minimum absolute atomic E-state index is 0.161. The Morgan fingerprint density at radius 3 is 2.38 bits per heavy atom. The van der Waals surface area contributed by atoms with E-state index in [4.69, 9.17) is 0 Å². The summed E-state index contributed by atoms with van der Waals surface area (Å²) in [5, 5.41) is 4.17. The molecule has 1 aliphatic rings. The monoisotopic (exact) mass is 285 g/mol. The molecule has 21 heavy (non-hydrogen) atoms. The van der Waals surface area contributed by atoms with Gasteiger partial charge in [-0.25, -0.2) is 5.43 Å². The summed E-state index contributed by atoms with van der Waals surface area (Å²) in [5.41, 5.74) is 6.66. The number of hydrazone groups is 1. The normalized spacial score (nSPS) is 16.0. The number of benzene rings is 1. The molecule has 0 fully saturated rings. The van der Waals surface area contributed by atoms with Crippen LogP contribution in [-0.2, 0) is 0 Å². The van der Waals surface area contributed by atoms with Gasteiger partial charge in [-0.1, -0.05) is 5.57 Å². The smallest absolute Gasteiger partial charge is 0.271 e. The lowest BCUT2D eigenvalue weighted by molar-refractivity contribution is 0.0955. The van der Waals surface area contributed by atoms with Gasteiger partial charge in [0.15, 0.2) is 0 Å². The molecular formula is C17H23N3O. The van der Waals surface area contributed by atoms with Gasteiger partial charge in [-0.05, 0) is 64.0 Å². The third kappa shape index (κ3) is 3.94. The van der Waals surface area contributed by atoms with E-state index in [-0.39, 0.29) is 5.91 Å². The summed E-state index contributed by atoms with van der Waals surface area (Å²) in [6, 6.07) is 7.65. The van der Waals surface area contributed by atoms with Crippen molar-refractivity contribution in [1.82, 2.24) is 5.43 Å². The molecule has 4 nitrogen and oxygen atoms in total. The Morgan fingerprint density at radius 1 is 1.19 bits per heavy atom. The third-order valence-electron chi connectivity index (χ3n) is 3.75. The molecule has 4 heteroatoms. The van der Waals surface area contributed by atoms with Gasteiger partial charge in [-0.15, -0.1) is 0 Å². The zero-order valence-corrected chi connectivity index (χ0v) is 13.0. The zero-order valence-electron chi connectivity index (χ0n) is 13.0. The number of nitrogens with one attached hydrogen (secondary N) is 1. The van der Waals surface area contributed by atoms with Crippen molar-refractivity contribution < 1.29 is 4.79 Å². The Morgan fingerprint density at radius 2 is 1.86 bits per heavy atom. The number of rotatable bonds is 5. The number of hydrogen-bond donors (Lipinski definition) is 1. The van der Waals surface area contributed by atoms with Gasteiger partial charge in [0.25, 0.3) is 5.91 Å². The maximum atomic E-state index is 12.1. The molecule has 0 atom stereocenters. The van der Waals surface area contributed by atoms with Crippen LogP contribution in [0.4, 0.5) is 5.69 Å². The second kappa shape index (κ2) is 7.07. The average Bonchev–Trinajstić information content (AvgIpc) is 2.92. The first-order valence-electron chi connectivity index (χ1n) is 7.53. The first kappa shape index (κ1) is 15.3. The van der Waals surface area contributed by atoms with Crippen molar-refractivity contribution >= 4 is 17.3 Å². The molecule has 0 heterocycles. The van der Waals surface area contributed by atoms with Gasteiger partial charge in [-0.3, -0.25) is 4.79 Å². The minimum atomic E-state index is -0.161. The minimum Gasteiger partial charge on any atom is -0.372 e. The molecule has 1 aromatic rings. The van der Waals surface area contributed by atoms with Gasteiger partial charge in [0.05, 0.1) is 5.71 Å². The van der Waals surface area contributed by atoms with Crippen LogP contribution in [0.15, 0.2) is 41.0 Å². The van der Waals surface area contributed by atoms with Crippen molar-refractivity contribution in [3.63, 3.8) is 0 Å². The number of carbonyl (C=O) groups is 1. The molecule has 0 spiro atoms. The second-order valence-electron chi connectivity index (χ2n) is 5.25. The molecule has 1 amide bonds. The standard InChI is InChI=1S/C17H23N3O/c1-4-20(5-2)16-10-7-14(8-11-16)17(21)19-18-15-9-6-13(3)12-15/h7-8,10-12H,4-6,9H2,1-3H3,(H,19,21)/b18-15-. The van der Waals surface area contributed by atoms with Crippen LogP contribution in [0.2, 0.25) is 0 Å². The number of amides is 1. The van der Waals surface area contributed by atoms with Crippen LogP contribution >= 0.6 is 0 Å². The van der Waals surface area contributed by atoms with Crippen molar-refractivity contribution in [2.24, 2.45) is 5.10 Å². The zero-order chi connectivity index (χ0) is 15.2. The van der Waals surface area contributed by atoms with Crippen molar-refractivity contribution in [2.75, 3.05) is 18.0 Å². The van der Waals surface area contributed by atoms with Crippen LogP contribution in [0.3, 0.4) is 0 Å². The van der Waals surface area contributed by atoms with Crippen LogP contribution in [0, 0.1) is 0 Å². The summed E-state index contributed by atoms with van der Waals surface area (Å²) < 4.78 is 0. The number of carbonyl (C=O) groups excluding carboxylic acids is 1. The summed E-state index contributed by atoms with van der Waals surface area (Å²) in [4.78, 5) is 14.3. The van der Waals surface area contributed by atoms with E-state index in [0.29, 0.717) is 5.56 Å². The first-order valence-corrected chi connectivity index (χ1v) is 7.53. The molecule has 0 bridgehead atoms. The molecule has 1 aromatic carbocycles. The predicted octanol–water partition coefficient (Wildman–Crippen LogP) is 3.36. The molecule has 1 aliphatic carbocycles. The molecule has 112 valence electrons. The number of hydrogen-bond acceptors (Lipinski definition) is 3. The van der Waals surface area contributed by atoms with Crippen molar-refractivity contribution in [3.05, 3.63) is 41.5 Å². The maximum absolute atomic E-state index is 12.1. The predicted molar refractivity (Wildman–Crippen MR) is 87.9 cm³/mol. The van der Waals surface area contributed by atoms with Crippen LogP contribution < -0.4 is 10.3 Å². The Hall–Kier alpha value is -2.10. The molecule has 2 rings (SSSR count). The van der Waals surface area contributed by atoms with E-state index >= 15 is 0 Å². The lowest BCUT2D eigenvalue weighted by atomic mass is 10.2. The Kier molecular flexibility index (Phi) is 5.14. The Labute approximate surface area is 126 Å². The fraction of sp³-hybridized carbons (Fsp3) is 0.412. The third-order valence-corrected chi connectivity index (χ3v) is 3.75. The molecular weight excluding hydrogens is 262 g/mol. The summed E-state index contributed by atoms with van der Waals surface area (Å²) in [6.07, 6.45) is 3.98.